The van der Waals surface area contributed by atoms with Crippen LogP contribution >= 0.6 is 0 Å². The van der Waals surface area contributed by atoms with Crippen LogP contribution < -0.4 is 20.1 Å². The Hall–Kier alpha value is -4.39. The maximum atomic E-state index is 13.8. The fourth-order valence-electron chi connectivity index (χ4n) is 5.23. The van der Waals surface area contributed by atoms with Crippen LogP contribution in [0.4, 0.5) is 5.82 Å². The van der Waals surface area contributed by atoms with Gasteiger partial charge in [0, 0.05) is 41.1 Å². The number of carbonyl (C=O) groups excluding carboxylic acids is 2. The maximum absolute atomic E-state index is 13.8. The van der Waals surface area contributed by atoms with E-state index < -0.39 is 5.92 Å². The highest BCUT2D eigenvalue weighted by molar-refractivity contribution is 6.09. The molecule has 7 heteroatoms. The van der Waals surface area contributed by atoms with Crippen LogP contribution in [-0.2, 0) is 9.59 Å². The number of carbonyl (C=O) groups is 2. The van der Waals surface area contributed by atoms with Gasteiger partial charge >= 0.3 is 0 Å². The van der Waals surface area contributed by atoms with Crippen LogP contribution in [0.25, 0.3) is 0 Å². The van der Waals surface area contributed by atoms with E-state index in [9.17, 15) is 9.59 Å². The van der Waals surface area contributed by atoms with Crippen LogP contribution in [0.5, 0.6) is 11.5 Å². The van der Waals surface area contributed by atoms with Gasteiger partial charge in [0.15, 0.2) is 5.78 Å². The summed E-state index contributed by atoms with van der Waals surface area (Å²) in [6.45, 7) is 1.88. The first kappa shape index (κ1) is 24.3. The third kappa shape index (κ3) is 4.85. The SMILES string of the molecule is COc1ccc([C@@H]2CC(=O)C3=C(C2)NC(C)=C(C(=O)Nc2ccccn2)[C@@H]3c2cccc(OC)c2)cc1. The lowest BCUT2D eigenvalue weighted by Gasteiger charge is -2.37. The number of nitrogens with zero attached hydrogens (tertiary/aromatic N) is 1. The first-order valence-corrected chi connectivity index (χ1v) is 12.2. The maximum Gasteiger partial charge on any atom is 0.255 e. The van der Waals surface area contributed by atoms with Crippen LogP contribution in [0.15, 0.2) is 95.5 Å². The summed E-state index contributed by atoms with van der Waals surface area (Å²) in [5.41, 5.74) is 4.61. The van der Waals surface area contributed by atoms with Crippen molar-refractivity contribution in [2.45, 2.75) is 31.6 Å². The van der Waals surface area contributed by atoms with E-state index in [1.54, 1.807) is 32.5 Å². The van der Waals surface area contributed by atoms with Gasteiger partial charge in [0.25, 0.3) is 5.91 Å². The number of hydrogen-bond acceptors (Lipinski definition) is 6. The summed E-state index contributed by atoms with van der Waals surface area (Å²) in [5, 5.41) is 6.32. The second kappa shape index (κ2) is 10.3. The predicted molar refractivity (Wildman–Crippen MR) is 141 cm³/mol. The molecule has 0 radical (unpaired) electrons. The summed E-state index contributed by atoms with van der Waals surface area (Å²) in [5.74, 6) is 1.13. The molecule has 188 valence electrons. The number of pyridine rings is 1. The van der Waals surface area contributed by atoms with E-state index >= 15 is 0 Å². The number of methoxy groups -OCH3 is 2. The first-order chi connectivity index (χ1) is 18.0. The quantitative estimate of drug-likeness (QED) is 0.495. The Morgan fingerprint density at radius 1 is 0.946 bits per heavy atom. The molecular weight excluding hydrogens is 466 g/mol. The lowest BCUT2D eigenvalue weighted by molar-refractivity contribution is -0.116. The number of anilines is 1. The summed E-state index contributed by atoms with van der Waals surface area (Å²) in [7, 11) is 3.24. The van der Waals surface area contributed by atoms with Gasteiger partial charge in [-0.2, -0.15) is 0 Å². The molecule has 7 nitrogen and oxygen atoms in total. The molecular formula is C30H29N3O4. The topological polar surface area (TPSA) is 89.5 Å². The number of ketones is 1. The number of Topliss-reactive ketones (excluding diaryl/α,β-unsaturated/α-hetero) is 1. The molecule has 1 amide bonds. The molecule has 1 aromatic heterocycles. The standard InChI is InChI=1S/C30H29N3O4/c1-18-27(30(35)33-26-9-4-5-14-31-26)28(20-7-6-8-23(15-20)37-3)29-24(32-18)16-21(17-25(29)34)19-10-12-22(36-2)13-11-19/h4-15,21,28,32H,16-17H2,1-3H3,(H,31,33,35)/t21-,28-/m0/s1. The number of rotatable bonds is 6. The third-order valence-electron chi connectivity index (χ3n) is 6.99. The van der Waals surface area contributed by atoms with Gasteiger partial charge in [-0.1, -0.05) is 30.3 Å². The Morgan fingerprint density at radius 2 is 1.73 bits per heavy atom. The van der Waals surface area contributed by atoms with Gasteiger partial charge in [0.2, 0.25) is 0 Å². The van der Waals surface area contributed by atoms with Gasteiger partial charge in [-0.15, -0.1) is 0 Å². The highest BCUT2D eigenvalue weighted by atomic mass is 16.5. The Labute approximate surface area is 216 Å². The number of hydrogen-bond donors (Lipinski definition) is 2. The van der Waals surface area contributed by atoms with Crippen LogP contribution in [-0.4, -0.2) is 30.9 Å². The van der Waals surface area contributed by atoms with Crippen LogP contribution in [0.1, 0.15) is 42.7 Å². The fraction of sp³-hybridized carbons (Fsp3) is 0.233. The van der Waals surface area contributed by atoms with E-state index in [4.69, 9.17) is 9.47 Å². The third-order valence-corrected chi connectivity index (χ3v) is 6.99. The van der Waals surface area contributed by atoms with Gasteiger partial charge in [0.1, 0.15) is 17.3 Å². The molecule has 2 aliphatic rings. The number of amides is 1. The predicted octanol–water partition coefficient (Wildman–Crippen LogP) is 5.10. The van der Waals surface area contributed by atoms with Crippen molar-refractivity contribution < 1.29 is 19.1 Å². The second-order valence-electron chi connectivity index (χ2n) is 9.24. The molecule has 2 heterocycles. The zero-order chi connectivity index (χ0) is 25.9. The number of nitrogens with one attached hydrogen (secondary N) is 2. The van der Waals surface area contributed by atoms with Gasteiger partial charge < -0.3 is 20.1 Å². The van der Waals surface area contributed by atoms with Crippen molar-refractivity contribution in [2.24, 2.45) is 0 Å². The van der Waals surface area contributed by atoms with Crippen molar-refractivity contribution in [2.75, 3.05) is 19.5 Å². The van der Waals surface area contributed by atoms with Crippen LogP contribution in [0.2, 0.25) is 0 Å². The minimum atomic E-state index is -0.528. The van der Waals surface area contributed by atoms with Crippen molar-refractivity contribution in [1.29, 1.82) is 0 Å². The van der Waals surface area contributed by atoms with Gasteiger partial charge in [0.05, 0.1) is 14.2 Å². The fourth-order valence-corrected chi connectivity index (χ4v) is 5.23. The summed E-state index contributed by atoms with van der Waals surface area (Å²) in [6, 6.07) is 20.8. The van der Waals surface area contributed by atoms with E-state index in [0.29, 0.717) is 41.3 Å². The smallest absolute Gasteiger partial charge is 0.255 e. The Bertz CT molecular complexity index is 1390. The number of ether oxygens (including phenoxy) is 2. The van der Waals surface area contributed by atoms with Crippen LogP contribution in [0.3, 0.4) is 0 Å². The molecule has 0 saturated carbocycles. The van der Waals surface area contributed by atoms with E-state index in [1.807, 2.05) is 61.5 Å². The van der Waals surface area contributed by atoms with Gasteiger partial charge in [-0.3, -0.25) is 9.59 Å². The van der Waals surface area contributed by atoms with E-state index in [0.717, 1.165) is 22.6 Å². The number of allylic oxidation sites excluding steroid dienone is 3. The van der Waals surface area contributed by atoms with Gasteiger partial charge in [-0.25, -0.2) is 4.98 Å². The van der Waals surface area contributed by atoms with Crippen molar-refractivity contribution in [3.63, 3.8) is 0 Å². The van der Waals surface area contributed by atoms with Crippen molar-refractivity contribution in [3.8, 4) is 11.5 Å². The Kier molecular flexibility index (Phi) is 6.77. The molecule has 3 aromatic rings. The molecule has 2 aromatic carbocycles. The lowest BCUT2D eigenvalue weighted by atomic mass is 9.71. The molecule has 2 N–H and O–H groups in total. The van der Waals surface area contributed by atoms with Crippen molar-refractivity contribution in [3.05, 3.63) is 107 Å². The molecule has 0 spiro atoms. The Balaban J connectivity index is 1.55. The summed E-state index contributed by atoms with van der Waals surface area (Å²) in [4.78, 5) is 31.6. The van der Waals surface area contributed by atoms with Gasteiger partial charge in [-0.05, 0) is 66.8 Å². The molecule has 37 heavy (non-hydrogen) atoms. The number of benzene rings is 2. The number of aromatic nitrogens is 1. The number of dihydropyridines is 1. The summed E-state index contributed by atoms with van der Waals surface area (Å²) >= 11 is 0. The van der Waals surface area contributed by atoms with Crippen molar-refractivity contribution >= 4 is 17.5 Å². The average molecular weight is 496 g/mol. The zero-order valence-corrected chi connectivity index (χ0v) is 21.1. The van der Waals surface area contributed by atoms with Crippen LogP contribution in [0, 0.1) is 0 Å². The minimum Gasteiger partial charge on any atom is -0.497 e. The van der Waals surface area contributed by atoms with Crippen molar-refractivity contribution in [1.82, 2.24) is 10.3 Å². The monoisotopic (exact) mass is 495 g/mol. The largest absolute Gasteiger partial charge is 0.497 e. The Morgan fingerprint density at radius 3 is 2.43 bits per heavy atom. The van der Waals surface area contributed by atoms with E-state index in [2.05, 4.69) is 15.6 Å². The molecule has 0 unspecified atom stereocenters. The molecule has 0 saturated heterocycles. The lowest BCUT2D eigenvalue weighted by Crippen LogP contribution is -2.37. The highest BCUT2D eigenvalue weighted by Gasteiger charge is 2.41. The summed E-state index contributed by atoms with van der Waals surface area (Å²) < 4.78 is 10.8. The normalized spacial score (nSPS) is 19.2. The molecule has 5 rings (SSSR count). The zero-order valence-electron chi connectivity index (χ0n) is 21.1. The van der Waals surface area contributed by atoms with E-state index in [-0.39, 0.29) is 17.6 Å². The average Bonchev–Trinajstić information content (AvgIpc) is 2.92. The molecule has 0 fully saturated rings. The molecule has 0 bridgehead atoms. The highest BCUT2D eigenvalue weighted by Crippen LogP contribution is 2.46. The second-order valence-corrected chi connectivity index (χ2v) is 9.24. The molecule has 1 aliphatic heterocycles. The minimum absolute atomic E-state index is 0.0259. The van der Waals surface area contributed by atoms with E-state index in [1.165, 1.54) is 0 Å². The summed E-state index contributed by atoms with van der Waals surface area (Å²) in [6.07, 6.45) is 2.65. The molecule has 2 atom stereocenters. The molecule has 1 aliphatic carbocycles. The first-order valence-electron chi connectivity index (χ1n) is 12.2.